The molecule has 3 rings (SSSR count). The summed E-state index contributed by atoms with van der Waals surface area (Å²) >= 11 is 3.19. The van der Waals surface area contributed by atoms with Gasteiger partial charge in [0, 0.05) is 10.4 Å². The van der Waals surface area contributed by atoms with Crippen LogP contribution in [0.25, 0.3) is 0 Å². The number of nitrogens with two attached hydrogens (primary N) is 1. The first-order valence-electron chi connectivity index (χ1n) is 6.17. The molecule has 5 nitrogen and oxygen atoms in total. The van der Waals surface area contributed by atoms with Crippen molar-refractivity contribution in [2.75, 3.05) is 11.1 Å². The lowest BCUT2D eigenvalue weighted by atomic mass is 10.2. The zero-order chi connectivity index (χ0) is 14.3. The van der Waals surface area contributed by atoms with Gasteiger partial charge in [-0.2, -0.15) is 5.10 Å². The van der Waals surface area contributed by atoms with E-state index in [-0.39, 0.29) is 11.4 Å². The van der Waals surface area contributed by atoms with Crippen LogP contribution in [0, 0.1) is 5.82 Å². The Morgan fingerprint density at radius 2 is 2.25 bits per heavy atom. The van der Waals surface area contributed by atoms with Gasteiger partial charge in [-0.25, -0.2) is 4.39 Å². The van der Waals surface area contributed by atoms with E-state index < -0.39 is 11.7 Å². The number of carbonyl (C=O) groups excluding carboxylic acids is 1. The molecule has 1 aliphatic rings. The van der Waals surface area contributed by atoms with E-state index in [2.05, 4.69) is 31.4 Å². The van der Waals surface area contributed by atoms with Crippen molar-refractivity contribution in [3.05, 3.63) is 39.9 Å². The highest BCUT2D eigenvalue weighted by Crippen LogP contribution is 2.42. The first kappa shape index (κ1) is 13.1. The third kappa shape index (κ3) is 2.29. The summed E-state index contributed by atoms with van der Waals surface area (Å²) in [5, 5.41) is 9.21. The second kappa shape index (κ2) is 4.90. The highest BCUT2D eigenvalue weighted by molar-refractivity contribution is 9.10. The maximum Gasteiger partial charge on any atom is 0.278 e. The van der Waals surface area contributed by atoms with E-state index in [0.29, 0.717) is 16.1 Å². The standard InChI is InChI=1S/C13H12BrFN4O/c14-7-2-1-3-8(15)11(7)17-13(20)12-9(16)10(18-19-12)6-4-5-6/h1-3,6H,4-5,16H2,(H,17,20)(H,18,19). The van der Waals surface area contributed by atoms with Crippen LogP contribution in [0.2, 0.25) is 0 Å². The van der Waals surface area contributed by atoms with Crippen LogP contribution in [0.5, 0.6) is 0 Å². The fraction of sp³-hybridized carbons (Fsp3) is 0.231. The summed E-state index contributed by atoms with van der Waals surface area (Å²) in [4.78, 5) is 12.1. The van der Waals surface area contributed by atoms with E-state index >= 15 is 0 Å². The van der Waals surface area contributed by atoms with Crippen molar-refractivity contribution in [1.29, 1.82) is 0 Å². The summed E-state index contributed by atoms with van der Waals surface area (Å²) in [7, 11) is 0. The Morgan fingerprint density at radius 1 is 1.50 bits per heavy atom. The Bertz CT molecular complexity index is 661. The number of nitrogen functional groups attached to an aromatic ring is 1. The Morgan fingerprint density at radius 3 is 2.90 bits per heavy atom. The molecule has 0 atom stereocenters. The normalized spacial score (nSPS) is 14.3. The van der Waals surface area contributed by atoms with Gasteiger partial charge < -0.3 is 11.1 Å². The lowest BCUT2D eigenvalue weighted by Gasteiger charge is -2.07. The van der Waals surface area contributed by atoms with Gasteiger partial charge in [0.05, 0.1) is 17.1 Å². The largest absolute Gasteiger partial charge is 0.395 e. The van der Waals surface area contributed by atoms with Crippen molar-refractivity contribution >= 4 is 33.2 Å². The number of hydrogen-bond donors (Lipinski definition) is 3. The average molecular weight is 339 g/mol. The number of para-hydroxylation sites is 1. The smallest absolute Gasteiger partial charge is 0.278 e. The maximum absolute atomic E-state index is 13.7. The fourth-order valence-electron chi connectivity index (χ4n) is 2.01. The minimum absolute atomic E-state index is 0.0767. The molecular weight excluding hydrogens is 327 g/mol. The van der Waals surface area contributed by atoms with Crippen molar-refractivity contribution < 1.29 is 9.18 Å². The number of halogens is 2. The van der Waals surface area contributed by atoms with Crippen molar-refractivity contribution in [2.45, 2.75) is 18.8 Å². The van der Waals surface area contributed by atoms with Crippen LogP contribution in [0.4, 0.5) is 15.8 Å². The van der Waals surface area contributed by atoms with E-state index in [9.17, 15) is 9.18 Å². The second-order valence-electron chi connectivity index (χ2n) is 4.72. The molecule has 0 aliphatic heterocycles. The van der Waals surface area contributed by atoms with Crippen LogP contribution in [0.1, 0.15) is 34.9 Å². The number of aromatic nitrogens is 2. The summed E-state index contributed by atoms with van der Waals surface area (Å²) in [5.41, 5.74) is 7.23. The molecule has 1 heterocycles. The Hall–Kier alpha value is -1.89. The molecule has 1 saturated carbocycles. The van der Waals surface area contributed by atoms with Gasteiger partial charge in [-0.15, -0.1) is 0 Å². The lowest BCUT2D eigenvalue weighted by Crippen LogP contribution is -2.15. The number of amides is 1. The Balaban J connectivity index is 1.86. The van der Waals surface area contributed by atoms with Crippen molar-refractivity contribution in [3.63, 3.8) is 0 Å². The minimum atomic E-state index is -0.531. The molecule has 0 bridgehead atoms. The van der Waals surface area contributed by atoms with Gasteiger partial charge in [-0.1, -0.05) is 6.07 Å². The summed E-state index contributed by atoms with van der Waals surface area (Å²) in [5.74, 6) is -0.690. The van der Waals surface area contributed by atoms with E-state index in [4.69, 9.17) is 5.73 Å². The first-order chi connectivity index (χ1) is 9.58. The van der Waals surface area contributed by atoms with Crippen molar-refractivity contribution in [2.24, 2.45) is 0 Å². The molecule has 0 saturated heterocycles. The van der Waals surface area contributed by atoms with E-state index in [1.807, 2.05) is 0 Å². The van der Waals surface area contributed by atoms with E-state index in [0.717, 1.165) is 18.5 Å². The molecular formula is C13H12BrFN4O. The Labute approximate surface area is 122 Å². The second-order valence-corrected chi connectivity index (χ2v) is 5.58. The molecule has 1 amide bonds. The maximum atomic E-state index is 13.7. The number of carbonyl (C=O) groups is 1. The molecule has 1 aliphatic carbocycles. The van der Waals surface area contributed by atoms with Crippen LogP contribution in [-0.4, -0.2) is 16.1 Å². The molecule has 0 unspecified atom stereocenters. The number of anilines is 2. The fourth-order valence-corrected chi connectivity index (χ4v) is 2.45. The average Bonchev–Trinajstić information content (AvgIpc) is 3.17. The molecule has 4 N–H and O–H groups in total. The molecule has 0 radical (unpaired) electrons. The van der Waals surface area contributed by atoms with Crippen LogP contribution >= 0.6 is 15.9 Å². The lowest BCUT2D eigenvalue weighted by molar-refractivity contribution is 0.102. The van der Waals surface area contributed by atoms with Crippen LogP contribution < -0.4 is 11.1 Å². The topological polar surface area (TPSA) is 83.8 Å². The van der Waals surface area contributed by atoms with Gasteiger partial charge in [0.15, 0.2) is 5.69 Å². The predicted molar refractivity (Wildman–Crippen MR) is 77.0 cm³/mol. The summed E-state index contributed by atoms with van der Waals surface area (Å²) in [6.45, 7) is 0. The predicted octanol–water partition coefficient (Wildman–Crippen LogP) is 3.02. The molecule has 7 heteroatoms. The number of H-pyrrole nitrogens is 1. The Kier molecular flexibility index (Phi) is 3.21. The van der Waals surface area contributed by atoms with Crippen LogP contribution in [0.15, 0.2) is 22.7 Å². The number of nitrogens with one attached hydrogen (secondary N) is 2. The zero-order valence-electron chi connectivity index (χ0n) is 10.4. The van der Waals surface area contributed by atoms with E-state index in [1.54, 1.807) is 12.1 Å². The van der Waals surface area contributed by atoms with Crippen molar-refractivity contribution in [1.82, 2.24) is 10.2 Å². The van der Waals surface area contributed by atoms with Crippen molar-refractivity contribution in [3.8, 4) is 0 Å². The third-order valence-corrected chi connectivity index (χ3v) is 3.90. The van der Waals surface area contributed by atoms with Crippen LogP contribution in [-0.2, 0) is 0 Å². The van der Waals surface area contributed by atoms with Gasteiger partial charge in [-0.3, -0.25) is 9.89 Å². The monoisotopic (exact) mass is 338 g/mol. The van der Waals surface area contributed by atoms with Gasteiger partial charge in [-0.05, 0) is 40.9 Å². The molecule has 2 aromatic rings. The highest BCUT2D eigenvalue weighted by Gasteiger charge is 2.30. The number of rotatable bonds is 3. The number of aromatic amines is 1. The number of nitrogens with zero attached hydrogens (tertiary/aromatic N) is 1. The van der Waals surface area contributed by atoms with E-state index in [1.165, 1.54) is 6.07 Å². The van der Waals surface area contributed by atoms with Gasteiger partial charge in [0.2, 0.25) is 0 Å². The summed E-state index contributed by atoms with van der Waals surface area (Å²) in [6, 6.07) is 4.45. The number of hydrogen-bond acceptors (Lipinski definition) is 3. The number of benzene rings is 1. The van der Waals surface area contributed by atoms with Gasteiger partial charge in [0.25, 0.3) is 5.91 Å². The van der Waals surface area contributed by atoms with Crippen LogP contribution in [0.3, 0.4) is 0 Å². The molecule has 0 spiro atoms. The molecule has 1 aromatic carbocycles. The summed E-state index contributed by atoms with van der Waals surface area (Å²) < 4.78 is 14.1. The quantitative estimate of drug-likeness (QED) is 0.804. The van der Waals surface area contributed by atoms with Gasteiger partial charge in [0.1, 0.15) is 5.82 Å². The SMILES string of the molecule is Nc1c(C(=O)Nc2c(F)cccc2Br)n[nH]c1C1CC1. The molecule has 20 heavy (non-hydrogen) atoms. The molecule has 1 aromatic heterocycles. The highest BCUT2D eigenvalue weighted by atomic mass is 79.9. The zero-order valence-corrected chi connectivity index (χ0v) is 12.0. The third-order valence-electron chi connectivity index (χ3n) is 3.24. The molecule has 1 fully saturated rings. The summed E-state index contributed by atoms with van der Waals surface area (Å²) in [6.07, 6.45) is 2.10. The molecule has 104 valence electrons. The van der Waals surface area contributed by atoms with Gasteiger partial charge >= 0.3 is 0 Å². The minimum Gasteiger partial charge on any atom is -0.395 e. The first-order valence-corrected chi connectivity index (χ1v) is 6.96.